The van der Waals surface area contributed by atoms with E-state index in [0.717, 1.165) is 37.3 Å². The summed E-state index contributed by atoms with van der Waals surface area (Å²) in [6, 6.07) is 4.00. The fraction of sp³-hybridized carbons (Fsp3) is 0.368. The molecule has 4 heterocycles. The minimum absolute atomic E-state index is 0.0474. The Labute approximate surface area is 147 Å². The van der Waals surface area contributed by atoms with Crippen LogP contribution in [0.1, 0.15) is 24.6 Å². The van der Waals surface area contributed by atoms with E-state index in [1.807, 2.05) is 49.0 Å². The van der Waals surface area contributed by atoms with Crippen molar-refractivity contribution < 1.29 is 14.5 Å². The Morgan fingerprint density at radius 3 is 3.04 bits per heavy atom. The van der Waals surface area contributed by atoms with Crippen molar-refractivity contribution >= 4 is 5.91 Å². The summed E-state index contributed by atoms with van der Waals surface area (Å²) >= 11 is 0. The lowest BCUT2D eigenvalue weighted by molar-refractivity contribution is -0.379. The third kappa shape index (κ3) is 3.30. The number of rotatable bonds is 4. The Morgan fingerprint density at radius 1 is 1.36 bits per heavy atom. The topological polar surface area (TPSA) is 67.7 Å². The van der Waals surface area contributed by atoms with Gasteiger partial charge in [-0.2, -0.15) is 0 Å². The summed E-state index contributed by atoms with van der Waals surface area (Å²) in [7, 11) is 0. The number of amides is 1. The molecule has 0 aliphatic carbocycles. The molecule has 1 atom stereocenters. The standard InChI is InChI=1S/C19H22N4O2/c24-19(21-12-14-6-10-25-11-7-14)17-16-5-1-2-9-23(16)18(22-17)15-4-3-8-20-13-15/h1-5,8-9,13-14,18,22H,6-7,10-12H2,(H,21,24)/p+1. The maximum Gasteiger partial charge on any atom is 0.269 e. The molecule has 4 rings (SSSR count). The average molecular weight is 339 g/mol. The second-order valence-electron chi connectivity index (χ2n) is 6.52. The van der Waals surface area contributed by atoms with Gasteiger partial charge in [0.2, 0.25) is 0 Å². The number of pyridine rings is 1. The van der Waals surface area contributed by atoms with Gasteiger partial charge in [0.25, 0.3) is 5.91 Å². The zero-order chi connectivity index (χ0) is 17.1. The summed E-state index contributed by atoms with van der Waals surface area (Å²) in [5.41, 5.74) is 2.61. The SMILES string of the molecule is O=C(NCC1CCOCC1)C1=C2C=CC=CN2C(c2ccc[nH+]c2)N1. The van der Waals surface area contributed by atoms with E-state index in [1.54, 1.807) is 0 Å². The minimum atomic E-state index is -0.0857. The lowest BCUT2D eigenvalue weighted by atomic mass is 10.0. The first-order valence-electron chi connectivity index (χ1n) is 8.79. The summed E-state index contributed by atoms with van der Waals surface area (Å²) in [4.78, 5) is 18.0. The molecule has 1 fully saturated rings. The van der Waals surface area contributed by atoms with E-state index in [-0.39, 0.29) is 12.1 Å². The number of hydrogen-bond acceptors (Lipinski definition) is 4. The Balaban J connectivity index is 1.49. The molecule has 3 N–H and O–H groups in total. The van der Waals surface area contributed by atoms with Crippen molar-refractivity contribution in [2.45, 2.75) is 19.0 Å². The molecule has 1 saturated heterocycles. The van der Waals surface area contributed by atoms with Crippen molar-refractivity contribution in [1.29, 1.82) is 0 Å². The normalized spacial score (nSPS) is 22.7. The van der Waals surface area contributed by atoms with E-state index in [1.165, 1.54) is 0 Å². The number of ether oxygens (including phenoxy) is 1. The van der Waals surface area contributed by atoms with Crippen LogP contribution < -0.4 is 15.6 Å². The lowest BCUT2D eigenvalue weighted by Crippen LogP contribution is -2.36. The van der Waals surface area contributed by atoms with Crippen molar-refractivity contribution in [3.05, 3.63) is 65.9 Å². The molecule has 3 aliphatic rings. The fourth-order valence-corrected chi connectivity index (χ4v) is 3.45. The molecule has 1 aromatic rings. The number of aromatic nitrogens is 1. The molecule has 3 aliphatic heterocycles. The average Bonchev–Trinajstić information content (AvgIpc) is 3.07. The van der Waals surface area contributed by atoms with Gasteiger partial charge in [-0.15, -0.1) is 0 Å². The Hall–Kier alpha value is -2.60. The van der Waals surface area contributed by atoms with Crippen LogP contribution in [0.15, 0.2) is 60.3 Å². The number of aromatic amines is 1. The Morgan fingerprint density at radius 2 is 2.24 bits per heavy atom. The number of carbonyl (C=O) groups is 1. The molecule has 0 spiro atoms. The predicted molar refractivity (Wildman–Crippen MR) is 92.6 cm³/mol. The maximum absolute atomic E-state index is 12.8. The second kappa shape index (κ2) is 7.11. The second-order valence-corrected chi connectivity index (χ2v) is 6.52. The molecule has 1 amide bonds. The highest BCUT2D eigenvalue weighted by molar-refractivity contribution is 5.94. The fourth-order valence-electron chi connectivity index (χ4n) is 3.45. The highest BCUT2D eigenvalue weighted by Crippen LogP contribution is 2.33. The zero-order valence-corrected chi connectivity index (χ0v) is 14.1. The number of allylic oxidation sites excluding steroid dienone is 3. The van der Waals surface area contributed by atoms with E-state index >= 15 is 0 Å². The van der Waals surface area contributed by atoms with Crippen molar-refractivity contribution in [2.24, 2.45) is 5.92 Å². The quantitative estimate of drug-likeness (QED) is 0.866. The third-order valence-corrected chi connectivity index (χ3v) is 4.87. The van der Waals surface area contributed by atoms with Crippen LogP contribution in [-0.2, 0) is 9.53 Å². The van der Waals surface area contributed by atoms with E-state index < -0.39 is 0 Å². The van der Waals surface area contributed by atoms with Crippen LogP contribution in [0.5, 0.6) is 0 Å². The first-order valence-corrected chi connectivity index (χ1v) is 8.79. The van der Waals surface area contributed by atoms with E-state index in [4.69, 9.17) is 4.74 Å². The molecule has 130 valence electrons. The molecular formula is C19H23N4O2+. The van der Waals surface area contributed by atoms with Gasteiger partial charge < -0.3 is 20.3 Å². The first kappa shape index (κ1) is 15.9. The van der Waals surface area contributed by atoms with Gasteiger partial charge in [-0.05, 0) is 37.0 Å². The lowest BCUT2D eigenvalue weighted by Gasteiger charge is -2.24. The van der Waals surface area contributed by atoms with Gasteiger partial charge in [0.15, 0.2) is 12.4 Å². The van der Waals surface area contributed by atoms with Crippen LogP contribution in [0.3, 0.4) is 0 Å². The van der Waals surface area contributed by atoms with Crippen LogP contribution in [0.25, 0.3) is 0 Å². The predicted octanol–water partition coefficient (Wildman–Crippen LogP) is 1.24. The number of fused-ring (bicyclic) bond motifs is 1. The Kier molecular flexibility index (Phi) is 4.52. The first-order chi connectivity index (χ1) is 12.3. The van der Waals surface area contributed by atoms with Crippen LogP contribution in [0, 0.1) is 5.92 Å². The summed E-state index contributed by atoms with van der Waals surface area (Å²) in [6.07, 6.45) is 13.7. The molecule has 0 bridgehead atoms. The molecule has 6 heteroatoms. The third-order valence-electron chi connectivity index (χ3n) is 4.87. The molecule has 1 aromatic heterocycles. The van der Waals surface area contributed by atoms with Crippen LogP contribution >= 0.6 is 0 Å². The number of carbonyl (C=O) groups excluding carboxylic acids is 1. The van der Waals surface area contributed by atoms with Gasteiger partial charge in [0.1, 0.15) is 11.9 Å². The number of nitrogens with one attached hydrogen (secondary N) is 3. The molecule has 0 radical (unpaired) electrons. The highest BCUT2D eigenvalue weighted by atomic mass is 16.5. The molecular weight excluding hydrogens is 316 g/mol. The summed E-state index contributed by atoms with van der Waals surface area (Å²) < 4.78 is 5.38. The highest BCUT2D eigenvalue weighted by Gasteiger charge is 2.34. The van der Waals surface area contributed by atoms with Crippen molar-refractivity contribution in [1.82, 2.24) is 15.5 Å². The van der Waals surface area contributed by atoms with E-state index in [2.05, 4.69) is 20.5 Å². The maximum atomic E-state index is 12.8. The van der Waals surface area contributed by atoms with Crippen molar-refractivity contribution in [2.75, 3.05) is 19.8 Å². The summed E-state index contributed by atoms with van der Waals surface area (Å²) in [5, 5.41) is 6.48. The number of hydrogen-bond donors (Lipinski definition) is 2. The molecule has 0 aromatic carbocycles. The van der Waals surface area contributed by atoms with Crippen LogP contribution in [0.4, 0.5) is 0 Å². The van der Waals surface area contributed by atoms with E-state index in [9.17, 15) is 4.79 Å². The zero-order valence-electron chi connectivity index (χ0n) is 14.1. The molecule has 6 nitrogen and oxygen atoms in total. The number of nitrogens with zero attached hydrogens (tertiary/aromatic N) is 1. The largest absolute Gasteiger partial charge is 0.381 e. The number of H-pyrrole nitrogens is 1. The van der Waals surface area contributed by atoms with Crippen molar-refractivity contribution in [3.63, 3.8) is 0 Å². The molecule has 1 unspecified atom stereocenters. The van der Waals surface area contributed by atoms with E-state index in [0.29, 0.717) is 18.2 Å². The van der Waals surface area contributed by atoms with Crippen LogP contribution in [-0.4, -0.2) is 30.6 Å². The molecule has 0 saturated carbocycles. The van der Waals surface area contributed by atoms with Gasteiger partial charge in [-0.1, -0.05) is 6.08 Å². The smallest absolute Gasteiger partial charge is 0.269 e. The summed E-state index contributed by atoms with van der Waals surface area (Å²) in [6.45, 7) is 2.28. The van der Waals surface area contributed by atoms with Gasteiger partial charge in [0, 0.05) is 32.0 Å². The minimum Gasteiger partial charge on any atom is -0.381 e. The van der Waals surface area contributed by atoms with Gasteiger partial charge in [0.05, 0.1) is 11.3 Å². The Bertz CT molecular complexity index is 720. The van der Waals surface area contributed by atoms with Gasteiger partial charge in [-0.3, -0.25) is 4.79 Å². The molecule has 25 heavy (non-hydrogen) atoms. The van der Waals surface area contributed by atoms with Gasteiger partial charge in [-0.25, -0.2) is 4.98 Å². The monoisotopic (exact) mass is 339 g/mol. The van der Waals surface area contributed by atoms with Crippen molar-refractivity contribution in [3.8, 4) is 0 Å². The van der Waals surface area contributed by atoms with Gasteiger partial charge >= 0.3 is 0 Å². The van der Waals surface area contributed by atoms with Crippen LogP contribution in [0.2, 0.25) is 0 Å². The summed E-state index contributed by atoms with van der Waals surface area (Å²) in [5.74, 6) is 0.455.